The lowest BCUT2D eigenvalue weighted by Gasteiger charge is -2.08. The molecular formula is C13H9Cl2NO3. The van der Waals surface area contributed by atoms with E-state index in [0.717, 1.165) is 0 Å². The summed E-state index contributed by atoms with van der Waals surface area (Å²) in [6, 6.07) is 7.86. The Morgan fingerprint density at radius 1 is 1.32 bits per heavy atom. The summed E-state index contributed by atoms with van der Waals surface area (Å²) >= 11 is 11.7. The number of rotatable bonds is 4. The van der Waals surface area contributed by atoms with Crippen molar-refractivity contribution in [2.75, 3.05) is 6.61 Å². The summed E-state index contributed by atoms with van der Waals surface area (Å²) in [5.74, 6) is -0.00246. The van der Waals surface area contributed by atoms with Crippen LogP contribution in [-0.2, 0) is 0 Å². The van der Waals surface area contributed by atoms with Crippen molar-refractivity contribution in [2.24, 2.45) is 0 Å². The molecule has 0 aliphatic carbocycles. The van der Waals surface area contributed by atoms with Gasteiger partial charge in [0.05, 0.1) is 10.7 Å². The zero-order valence-corrected chi connectivity index (χ0v) is 11.2. The van der Waals surface area contributed by atoms with Crippen LogP contribution in [0.1, 0.15) is 15.3 Å². The molecule has 0 saturated heterocycles. The molecule has 2 rings (SSSR count). The number of carbonyl (C=O) groups excluding carboxylic acids is 2. The van der Waals surface area contributed by atoms with Gasteiger partial charge in [0.15, 0.2) is 12.9 Å². The fourth-order valence-corrected chi connectivity index (χ4v) is 1.98. The van der Waals surface area contributed by atoms with Crippen LogP contribution in [0.4, 0.5) is 0 Å². The molecule has 0 saturated carbocycles. The summed E-state index contributed by atoms with van der Waals surface area (Å²) in [6.07, 6.45) is 2.10. The highest BCUT2D eigenvalue weighted by Gasteiger charge is 2.10. The van der Waals surface area contributed by atoms with E-state index in [1.807, 2.05) is 0 Å². The molecule has 1 heterocycles. The Hall–Kier alpha value is -1.78. The third-order valence-corrected chi connectivity index (χ3v) is 2.95. The van der Waals surface area contributed by atoms with Crippen LogP contribution >= 0.6 is 23.2 Å². The van der Waals surface area contributed by atoms with Gasteiger partial charge in [-0.1, -0.05) is 23.2 Å². The van der Waals surface area contributed by atoms with Crippen molar-refractivity contribution in [3.63, 3.8) is 0 Å². The Kier molecular flexibility index (Phi) is 4.24. The van der Waals surface area contributed by atoms with Crippen LogP contribution in [0.25, 0.3) is 0 Å². The van der Waals surface area contributed by atoms with Gasteiger partial charge in [-0.2, -0.15) is 0 Å². The third-order valence-electron chi connectivity index (χ3n) is 2.41. The highest BCUT2D eigenvalue weighted by Crippen LogP contribution is 2.27. The molecule has 19 heavy (non-hydrogen) atoms. The van der Waals surface area contributed by atoms with Gasteiger partial charge >= 0.3 is 0 Å². The zero-order chi connectivity index (χ0) is 13.8. The van der Waals surface area contributed by atoms with Crippen molar-refractivity contribution < 1.29 is 14.3 Å². The molecule has 0 bridgehead atoms. The minimum atomic E-state index is -0.363. The van der Waals surface area contributed by atoms with E-state index < -0.39 is 0 Å². The smallest absolute Gasteiger partial charge is 0.269 e. The number of aromatic nitrogens is 1. The van der Waals surface area contributed by atoms with E-state index in [4.69, 9.17) is 27.9 Å². The average Bonchev–Trinajstić information content (AvgIpc) is 2.85. The lowest BCUT2D eigenvalue weighted by molar-refractivity contribution is 0.0829. The Morgan fingerprint density at radius 3 is 2.79 bits per heavy atom. The third kappa shape index (κ3) is 3.16. The SMILES string of the molecule is O=Cc1cccn1C(=O)COc1ccc(Cl)cc1Cl. The van der Waals surface area contributed by atoms with Crippen LogP contribution in [0.2, 0.25) is 10.0 Å². The number of aldehydes is 1. The van der Waals surface area contributed by atoms with E-state index in [-0.39, 0.29) is 18.2 Å². The van der Waals surface area contributed by atoms with Crippen molar-refractivity contribution in [3.8, 4) is 5.75 Å². The van der Waals surface area contributed by atoms with E-state index in [9.17, 15) is 9.59 Å². The van der Waals surface area contributed by atoms with Crippen molar-refractivity contribution in [1.29, 1.82) is 0 Å². The molecule has 0 amide bonds. The monoisotopic (exact) mass is 297 g/mol. The van der Waals surface area contributed by atoms with Gasteiger partial charge in [-0.15, -0.1) is 0 Å². The maximum atomic E-state index is 11.8. The number of nitrogens with zero attached hydrogens (tertiary/aromatic N) is 1. The summed E-state index contributed by atoms with van der Waals surface area (Å²) in [5.41, 5.74) is 0.274. The summed E-state index contributed by atoms with van der Waals surface area (Å²) < 4.78 is 6.52. The lowest BCUT2D eigenvalue weighted by atomic mass is 10.3. The minimum Gasteiger partial charge on any atom is -0.482 e. The molecule has 6 heteroatoms. The topological polar surface area (TPSA) is 48.3 Å². The van der Waals surface area contributed by atoms with Crippen molar-refractivity contribution >= 4 is 35.4 Å². The first-order chi connectivity index (χ1) is 9.11. The molecular weight excluding hydrogens is 289 g/mol. The molecule has 0 unspecified atom stereocenters. The summed E-state index contributed by atoms with van der Waals surface area (Å²) in [5, 5.41) is 0.806. The molecule has 0 atom stereocenters. The van der Waals surface area contributed by atoms with E-state index in [0.29, 0.717) is 22.1 Å². The van der Waals surface area contributed by atoms with E-state index in [2.05, 4.69) is 0 Å². The highest BCUT2D eigenvalue weighted by molar-refractivity contribution is 6.35. The van der Waals surface area contributed by atoms with Crippen LogP contribution in [0.3, 0.4) is 0 Å². The fraction of sp³-hybridized carbons (Fsp3) is 0.0769. The Labute approximate surface area is 119 Å². The highest BCUT2D eigenvalue weighted by atomic mass is 35.5. The van der Waals surface area contributed by atoms with E-state index >= 15 is 0 Å². The number of carbonyl (C=O) groups is 2. The maximum Gasteiger partial charge on any atom is 0.269 e. The Balaban J connectivity index is 2.06. The number of benzene rings is 1. The lowest BCUT2D eigenvalue weighted by Crippen LogP contribution is -2.20. The maximum absolute atomic E-state index is 11.8. The second-order valence-corrected chi connectivity index (χ2v) is 4.52. The van der Waals surface area contributed by atoms with E-state index in [1.54, 1.807) is 24.3 Å². The van der Waals surface area contributed by atoms with Gasteiger partial charge < -0.3 is 4.74 Å². The van der Waals surface area contributed by atoms with Crippen molar-refractivity contribution in [3.05, 3.63) is 52.3 Å². The number of ether oxygens (including phenoxy) is 1. The second-order valence-electron chi connectivity index (χ2n) is 3.68. The van der Waals surface area contributed by atoms with E-state index in [1.165, 1.54) is 16.8 Å². The molecule has 4 nitrogen and oxygen atoms in total. The number of hydrogen-bond acceptors (Lipinski definition) is 3. The molecule has 0 aliphatic heterocycles. The van der Waals surface area contributed by atoms with Gasteiger partial charge in [0.1, 0.15) is 5.75 Å². The van der Waals surface area contributed by atoms with Crippen LogP contribution in [0.15, 0.2) is 36.5 Å². The molecule has 2 aromatic rings. The molecule has 0 fully saturated rings. The van der Waals surface area contributed by atoms with Crippen LogP contribution < -0.4 is 4.74 Å². The van der Waals surface area contributed by atoms with Gasteiger partial charge in [0, 0.05) is 11.2 Å². The molecule has 1 aromatic carbocycles. The van der Waals surface area contributed by atoms with Crippen molar-refractivity contribution in [2.45, 2.75) is 0 Å². The first-order valence-corrected chi connectivity index (χ1v) is 6.11. The number of halogens is 2. The minimum absolute atomic E-state index is 0.225. The largest absolute Gasteiger partial charge is 0.482 e. The van der Waals surface area contributed by atoms with Gasteiger partial charge in [-0.3, -0.25) is 14.2 Å². The molecule has 1 aromatic heterocycles. The first kappa shape index (κ1) is 13.6. The second kappa shape index (κ2) is 5.91. The summed E-state index contributed by atoms with van der Waals surface area (Å²) in [6.45, 7) is -0.225. The van der Waals surface area contributed by atoms with Crippen LogP contribution in [-0.4, -0.2) is 23.4 Å². The Morgan fingerprint density at radius 2 is 2.11 bits per heavy atom. The predicted octanol–water partition coefficient (Wildman–Crippen LogP) is 3.33. The molecule has 0 spiro atoms. The molecule has 0 radical (unpaired) electrons. The standard InChI is InChI=1S/C13H9Cl2NO3/c14-9-3-4-12(11(15)6-9)19-8-13(18)16-5-1-2-10(16)7-17/h1-7H,8H2. The molecule has 0 aliphatic rings. The normalized spacial score (nSPS) is 10.2. The van der Waals surface area contributed by atoms with Gasteiger partial charge in [0.25, 0.3) is 5.91 Å². The predicted molar refractivity (Wildman–Crippen MR) is 72.4 cm³/mol. The molecule has 0 N–H and O–H groups in total. The van der Waals surface area contributed by atoms with Crippen molar-refractivity contribution in [1.82, 2.24) is 4.57 Å². The summed E-state index contributed by atoms with van der Waals surface area (Å²) in [4.78, 5) is 22.6. The number of hydrogen-bond donors (Lipinski definition) is 0. The van der Waals surface area contributed by atoms with Gasteiger partial charge in [0.2, 0.25) is 0 Å². The van der Waals surface area contributed by atoms with Gasteiger partial charge in [-0.25, -0.2) is 0 Å². The molecule has 98 valence electrons. The quantitative estimate of drug-likeness (QED) is 0.813. The fourth-order valence-electron chi connectivity index (χ4n) is 1.52. The summed E-state index contributed by atoms with van der Waals surface area (Å²) in [7, 11) is 0. The van der Waals surface area contributed by atoms with Crippen LogP contribution in [0, 0.1) is 0 Å². The average molecular weight is 298 g/mol. The first-order valence-electron chi connectivity index (χ1n) is 5.35. The zero-order valence-electron chi connectivity index (χ0n) is 9.68. The Bertz CT molecular complexity index is 622. The van der Waals surface area contributed by atoms with Crippen LogP contribution in [0.5, 0.6) is 5.75 Å². The van der Waals surface area contributed by atoms with Gasteiger partial charge in [-0.05, 0) is 30.3 Å².